The third-order valence-corrected chi connectivity index (χ3v) is 6.01. The number of benzene rings is 2. The van der Waals surface area contributed by atoms with Gasteiger partial charge >= 0.3 is 6.03 Å². The number of unbranched alkanes of at least 4 members (excludes halogenated alkanes) is 1. The van der Waals surface area contributed by atoms with Gasteiger partial charge in [0.1, 0.15) is 0 Å². The summed E-state index contributed by atoms with van der Waals surface area (Å²) in [5, 5.41) is 6.19. The van der Waals surface area contributed by atoms with Crippen LogP contribution in [0.4, 0.5) is 4.79 Å². The first kappa shape index (κ1) is 21.1. The molecule has 4 rings (SSSR count). The quantitative estimate of drug-likeness (QED) is 0.531. The zero-order valence-electron chi connectivity index (χ0n) is 17.5. The number of urea groups is 1. The van der Waals surface area contributed by atoms with Gasteiger partial charge in [-0.1, -0.05) is 60.7 Å². The molecule has 0 radical (unpaired) electrons. The summed E-state index contributed by atoms with van der Waals surface area (Å²) >= 11 is 0. The highest BCUT2D eigenvalue weighted by Gasteiger charge is 2.53. The monoisotopic (exact) mass is 420 g/mol. The van der Waals surface area contributed by atoms with Crippen LogP contribution in [0.25, 0.3) is 0 Å². The van der Waals surface area contributed by atoms with E-state index in [9.17, 15) is 14.4 Å². The second-order valence-corrected chi connectivity index (χ2v) is 7.96. The Morgan fingerprint density at radius 1 is 0.871 bits per heavy atom. The van der Waals surface area contributed by atoms with Gasteiger partial charge in [0, 0.05) is 39.1 Å². The third-order valence-electron chi connectivity index (χ3n) is 6.01. The van der Waals surface area contributed by atoms with E-state index >= 15 is 0 Å². The number of piperazine rings is 1. The van der Waals surface area contributed by atoms with E-state index in [4.69, 9.17) is 0 Å². The average molecular weight is 421 g/mol. The van der Waals surface area contributed by atoms with Crippen molar-refractivity contribution in [2.45, 2.75) is 24.8 Å². The van der Waals surface area contributed by atoms with E-state index in [0.717, 1.165) is 37.3 Å². The fourth-order valence-corrected chi connectivity index (χ4v) is 4.33. The second kappa shape index (κ2) is 9.31. The van der Waals surface area contributed by atoms with Crippen molar-refractivity contribution in [2.75, 3.05) is 32.7 Å². The van der Waals surface area contributed by atoms with Crippen molar-refractivity contribution in [3.05, 3.63) is 71.8 Å². The van der Waals surface area contributed by atoms with Gasteiger partial charge in [-0.05, 0) is 24.0 Å². The molecule has 2 fully saturated rings. The van der Waals surface area contributed by atoms with Gasteiger partial charge in [-0.3, -0.25) is 14.5 Å². The van der Waals surface area contributed by atoms with Gasteiger partial charge in [0.2, 0.25) is 5.91 Å². The normalized spacial score (nSPS) is 18.2. The van der Waals surface area contributed by atoms with Crippen LogP contribution in [0.3, 0.4) is 0 Å². The third kappa shape index (κ3) is 4.18. The number of rotatable bonds is 7. The van der Waals surface area contributed by atoms with Crippen LogP contribution in [0.2, 0.25) is 0 Å². The van der Waals surface area contributed by atoms with Gasteiger partial charge in [0.25, 0.3) is 5.91 Å². The number of carbonyl (C=O) groups excluding carboxylic acids is 3. The van der Waals surface area contributed by atoms with E-state index in [-0.39, 0.29) is 11.8 Å². The van der Waals surface area contributed by atoms with Crippen LogP contribution in [-0.2, 0) is 15.1 Å². The lowest BCUT2D eigenvalue weighted by Gasteiger charge is -2.28. The van der Waals surface area contributed by atoms with Crippen LogP contribution in [0.15, 0.2) is 60.7 Å². The Morgan fingerprint density at radius 3 is 2.03 bits per heavy atom. The number of carbonyl (C=O) groups is 3. The summed E-state index contributed by atoms with van der Waals surface area (Å²) in [5.41, 5.74) is 0.239. The van der Waals surface area contributed by atoms with Crippen molar-refractivity contribution in [2.24, 2.45) is 0 Å². The summed E-state index contributed by atoms with van der Waals surface area (Å²) in [6.07, 6.45) is 1.67. The molecule has 31 heavy (non-hydrogen) atoms. The van der Waals surface area contributed by atoms with E-state index in [1.807, 2.05) is 65.6 Å². The maximum absolute atomic E-state index is 13.6. The molecule has 0 saturated carbocycles. The van der Waals surface area contributed by atoms with Crippen molar-refractivity contribution in [1.29, 1.82) is 0 Å². The Hall–Kier alpha value is -3.19. The summed E-state index contributed by atoms with van der Waals surface area (Å²) in [7, 11) is 0. The Morgan fingerprint density at radius 2 is 1.45 bits per heavy atom. The average Bonchev–Trinajstić information content (AvgIpc) is 3.09. The molecule has 2 saturated heterocycles. The number of nitrogens with zero attached hydrogens (tertiary/aromatic N) is 2. The van der Waals surface area contributed by atoms with Crippen molar-refractivity contribution in [3.63, 3.8) is 0 Å². The first-order chi connectivity index (χ1) is 15.1. The Balaban J connectivity index is 1.45. The van der Waals surface area contributed by atoms with Crippen molar-refractivity contribution >= 4 is 17.8 Å². The fourth-order valence-electron chi connectivity index (χ4n) is 4.33. The van der Waals surface area contributed by atoms with Gasteiger partial charge < -0.3 is 15.5 Å². The largest absolute Gasteiger partial charge is 0.340 e. The molecule has 2 aromatic carbocycles. The Kier molecular flexibility index (Phi) is 6.32. The highest BCUT2D eigenvalue weighted by Crippen LogP contribution is 2.36. The van der Waals surface area contributed by atoms with E-state index in [2.05, 4.69) is 10.6 Å². The van der Waals surface area contributed by atoms with E-state index in [1.54, 1.807) is 0 Å². The zero-order valence-corrected chi connectivity index (χ0v) is 17.5. The SMILES string of the molecule is O=C(CCCCN1C(=O)NC(c2ccccc2)(c2ccccc2)C1=O)N1CCNCC1. The van der Waals surface area contributed by atoms with Gasteiger partial charge in [-0.25, -0.2) is 4.79 Å². The molecule has 0 aliphatic carbocycles. The Labute approximate surface area is 182 Å². The van der Waals surface area contributed by atoms with Gasteiger partial charge in [-0.15, -0.1) is 0 Å². The van der Waals surface area contributed by atoms with Crippen LogP contribution >= 0.6 is 0 Å². The second-order valence-electron chi connectivity index (χ2n) is 7.96. The van der Waals surface area contributed by atoms with Crippen LogP contribution in [0.5, 0.6) is 0 Å². The summed E-state index contributed by atoms with van der Waals surface area (Å²) in [6, 6.07) is 18.3. The molecule has 7 heteroatoms. The first-order valence-corrected chi connectivity index (χ1v) is 10.9. The molecule has 2 aromatic rings. The van der Waals surface area contributed by atoms with E-state index < -0.39 is 11.6 Å². The van der Waals surface area contributed by atoms with Crippen LogP contribution in [-0.4, -0.2) is 60.4 Å². The first-order valence-electron chi connectivity index (χ1n) is 10.9. The van der Waals surface area contributed by atoms with Crippen molar-refractivity contribution in [3.8, 4) is 0 Å². The van der Waals surface area contributed by atoms with Gasteiger partial charge in [0.15, 0.2) is 5.54 Å². The summed E-state index contributed by atoms with van der Waals surface area (Å²) in [5.74, 6) is -0.134. The molecule has 2 aliphatic heterocycles. The molecule has 0 atom stereocenters. The molecule has 0 bridgehead atoms. The molecule has 0 spiro atoms. The van der Waals surface area contributed by atoms with Crippen LogP contribution < -0.4 is 10.6 Å². The molecule has 0 unspecified atom stereocenters. The molecule has 0 aromatic heterocycles. The lowest BCUT2D eigenvalue weighted by Crippen LogP contribution is -2.46. The molecule has 2 aliphatic rings. The highest BCUT2D eigenvalue weighted by atomic mass is 16.2. The minimum absolute atomic E-state index is 0.140. The van der Waals surface area contributed by atoms with Gasteiger partial charge in [-0.2, -0.15) is 0 Å². The maximum atomic E-state index is 13.6. The standard InChI is InChI=1S/C24H28N4O3/c29-21(27-17-14-25-15-18-27)13-7-8-16-28-22(30)24(26-23(28)31,19-9-3-1-4-10-19)20-11-5-2-6-12-20/h1-6,9-12,25H,7-8,13-18H2,(H,26,31). The van der Waals surface area contributed by atoms with Crippen molar-refractivity contribution < 1.29 is 14.4 Å². The summed E-state index contributed by atoms with van der Waals surface area (Å²) in [4.78, 5) is 41.9. The molecular formula is C24H28N4O3. The lowest BCUT2D eigenvalue weighted by molar-refractivity contribution is -0.131. The fraction of sp³-hybridized carbons (Fsp3) is 0.375. The smallest absolute Gasteiger partial charge is 0.325 e. The number of imide groups is 1. The topological polar surface area (TPSA) is 81.8 Å². The highest BCUT2D eigenvalue weighted by molar-refractivity contribution is 6.09. The molecular weight excluding hydrogens is 392 g/mol. The number of hydrogen-bond acceptors (Lipinski definition) is 4. The summed E-state index contributed by atoms with van der Waals surface area (Å²) < 4.78 is 0. The predicted octanol–water partition coefficient (Wildman–Crippen LogP) is 2.08. The lowest BCUT2D eigenvalue weighted by atomic mass is 9.82. The van der Waals surface area contributed by atoms with Crippen LogP contribution in [0.1, 0.15) is 30.4 Å². The van der Waals surface area contributed by atoms with Crippen molar-refractivity contribution in [1.82, 2.24) is 20.4 Å². The molecule has 2 heterocycles. The zero-order chi connectivity index (χ0) is 21.7. The molecule has 4 amide bonds. The number of amides is 4. The summed E-state index contributed by atoms with van der Waals surface area (Å²) in [6.45, 7) is 3.43. The maximum Gasteiger partial charge on any atom is 0.325 e. The predicted molar refractivity (Wildman–Crippen MR) is 117 cm³/mol. The molecule has 162 valence electrons. The molecule has 7 nitrogen and oxygen atoms in total. The van der Waals surface area contributed by atoms with Crippen LogP contribution in [0, 0.1) is 0 Å². The van der Waals surface area contributed by atoms with Gasteiger partial charge in [0.05, 0.1) is 0 Å². The Bertz CT molecular complexity index is 887. The van der Waals surface area contributed by atoms with E-state index in [1.165, 1.54) is 4.90 Å². The minimum Gasteiger partial charge on any atom is -0.340 e. The number of nitrogens with one attached hydrogen (secondary N) is 2. The molecule has 2 N–H and O–H groups in total. The number of hydrogen-bond donors (Lipinski definition) is 2. The minimum atomic E-state index is -1.23. The van der Waals surface area contributed by atoms with E-state index in [0.29, 0.717) is 25.8 Å².